The second-order valence-electron chi connectivity index (χ2n) is 4.60. The van der Waals surface area contributed by atoms with Crippen LogP contribution in [0.25, 0.3) is 0 Å². The molecule has 0 amide bonds. The quantitative estimate of drug-likeness (QED) is 0.476. The molecule has 0 aliphatic heterocycles. The van der Waals surface area contributed by atoms with E-state index < -0.39 is 5.54 Å². The molecule has 20 heavy (non-hydrogen) atoms. The molecule has 0 N–H and O–H groups in total. The number of isocyanates is 1. The number of methoxy groups -OCH3 is 2. The van der Waals surface area contributed by atoms with E-state index in [2.05, 4.69) is 4.99 Å². The van der Waals surface area contributed by atoms with E-state index in [1.165, 1.54) is 20.3 Å². The maximum atomic E-state index is 11.1. The van der Waals surface area contributed by atoms with Crippen LogP contribution >= 0.6 is 11.6 Å². The predicted molar refractivity (Wildman–Crippen MR) is 73.6 cm³/mol. The molecule has 0 atom stereocenters. The lowest BCUT2D eigenvalue weighted by atomic mass is 9.71. The van der Waals surface area contributed by atoms with Gasteiger partial charge in [-0.25, -0.2) is 4.79 Å². The molecule has 1 aliphatic carbocycles. The minimum absolute atomic E-state index is 0.294. The summed E-state index contributed by atoms with van der Waals surface area (Å²) in [7, 11) is 2.90. The van der Waals surface area contributed by atoms with Crippen LogP contribution in [-0.2, 0) is 10.3 Å². The Hall–Kier alpha value is -1.84. The molecule has 2 rings (SSSR count). The number of carbonyl (C=O) groups excluding carboxylic acids is 2. The Morgan fingerprint density at radius 1 is 1.35 bits per heavy atom. The SMILES string of the molecule is COc1c(C=O)cc(Cl)c(C2(N=C=O)CCC2)c1OC. The van der Waals surface area contributed by atoms with Gasteiger partial charge in [0.25, 0.3) is 0 Å². The van der Waals surface area contributed by atoms with Crippen molar-refractivity contribution in [3.05, 3.63) is 22.2 Å². The van der Waals surface area contributed by atoms with Gasteiger partial charge in [-0.1, -0.05) is 11.6 Å². The molecule has 0 bridgehead atoms. The first-order valence-electron chi connectivity index (χ1n) is 6.12. The Balaban J connectivity index is 2.75. The first kappa shape index (κ1) is 14.6. The highest BCUT2D eigenvalue weighted by Gasteiger charge is 2.44. The fourth-order valence-electron chi connectivity index (χ4n) is 2.57. The first-order chi connectivity index (χ1) is 9.63. The molecule has 0 radical (unpaired) electrons. The van der Waals surface area contributed by atoms with Crippen LogP contribution in [0.3, 0.4) is 0 Å². The van der Waals surface area contributed by atoms with Crippen LogP contribution in [0, 0.1) is 0 Å². The van der Waals surface area contributed by atoms with Crippen molar-refractivity contribution in [1.82, 2.24) is 0 Å². The van der Waals surface area contributed by atoms with Gasteiger partial charge in [0.05, 0.1) is 24.8 Å². The Morgan fingerprint density at radius 3 is 2.40 bits per heavy atom. The second kappa shape index (κ2) is 5.65. The van der Waals surface area contributed by atoms with Gasteiger partial charge in [-0.15, -0.1) is 0 Å². The van der Waals surface area contributed by atoms with Crippen molar-refractivity contribution < 1.29 is 19.1 Å². The van der Waals surface area contributed by atoms with Crippen LogP contribution in [0.4, 0.5) is 0 Å². The molecule has 0 saturated heterocycles. The summed E-state index contributed by atoms with van der Waals surface area (Å²) in [4.78, 5) is 25.7. The van der Waals surface area contributed by atoms with Crippen molar-refractivity contribution in [2.24, 2.45) is 4.99 Å². The molecule has 106 valence electrons. The normalized spacial score (nSPS) is 15.8. The van der Waals surface area contributed by atoms with Crippen LogP contribution in [0.2, 0.25) is 5.02 Å². The third-order valence-corrected chi connectivity index (χ3v) is 3.96. The van der Waals surface area contributed by atoms with Crippen LogP contribution in [0.15, 0.2) is 11.1 Å². The van der Waals surface area contributed by atoms with E-state index in [9.17, 15) is 9.59 Å². The molecule has 0 heterocycles. The fraction of sp³-hybridized carbons (Fsp3) is 0.429. The second-order valence-corrected chi connectivity index (χ2v) is 5.00. The number of rotatable bonds is 5. The number of carbonyl (C=O) groups is 1. The molecular formula is C14H14ClNO4. The van der Waals surface area contributed by atoms with Gasteiger partial charge in [-0.3, -0.25) is 4.79 Å². The van der Waals surface area contributed by atoms with E-state index in [4.69, 9.17) is 21.1 Å². The third kappa shape index (κ3) is 2.09. The largest absolute Gasteiger partial charge is 0.492 e. The number of aliphatic imine (C=N–C) groups is 1. The molecule has 1 fully saturated rings. The minimum Gasteiger partial charge on any atom is -0.492 e. The van der Waals surface area contributed by atoms with Gasteiger partial charge in [0, 0.05) is 5.56 Å². The molecule has 0 spiro atoms. The number of aldehydes is 1. The highest BCUT2D eigenvalue weighted by molar-refractivity contribution is 6.32. The van der Waals surface area contributed by atoms with E-state index in [-0.39, 0.29) is 0 Å². The highest BCUT2D eigenvalue weighted by Crippen LogP contribution is 2.53. The van der Waals surface area contributed by atoms with Gasteiger partial charge >= 0.3 is 0 Å². The summed E-state index contributed by atoms with van der Waals surface area (Å²) >= 11 is 6.27. The zero-order valence-electron chi connectivity index (χ0n) is 11.2. The van der Waals surface area contributed by atoms with Gasteiger partial charge in [-0.2, -0.15) is 4.99 Å². The van der Waals surface area contributed by atoms with Crippen molar-refractivity contribution in [3.8, 4) is 11.5 Å². The molecule has 5 nitrogen and oxygen atoms in total. The zero-order chi connectivity index (χ0) is 14.8. The van der Waals surface area contributed by atoms with E-state index in [1.807, 2.05) is 0 Å². The summed E-state index contributed by atoms with van der Waals surface area (Å²) in [5, 5.41) is 0.337. The topological polar surface area (TPSA) is 65.0 Å². The third-order valence-electron chi connectivity index (χ3n) is 3.66. The van der Waals surface area contributed by atoms with Crippen molar-refractivity contribution in [2.75, 3.05) is 14.2 Å². The maximum absolute atomic E-state index is 11.1. The smallest absolute Gasteiger partial charge is 0.235 e. The standard InChI is InChI=1S/C14H14ClNO4/c1-19-12-9(7-17)6-10(15)11(13(12)20-2)14(16-8-18)4-3-5-14/h6-7H,3-5H2,1-2H3. The van der Waals surface area contributed by atoms with E-state index in [1.54, 1.807) is 6.08 Å². The van der Waals surface area contributed by atoms with Gasteiger partial charge in [0.2, 0.25) is 6.08 Å². The average Bonchev–Trinajstić information content (AvgIpc) is 2.42. The molecule has 0 aromatic heterocycles. The van der Waals surface area contributed by atoms with Crippen molar-refractivity contribution in [1.29, 1.82) is 0 Å². The molecule has 1 aromatic rings. The minimum atomic E-state index is -0.723. The van der Waals surface area contributed by atoms with E-state index in [0.717, 1.165) is 6.42 Å². The van der Waals surface area contributed by atoms with E-state index in [0.29, 0.717) is 46.8 Å². The monoisotopic (exact) mass is 295 g/mol. The highest BCUT2D eigenvalue weighted by atomic mass is 35.5. The molecule has 1 saturated carbocycles. The summed E-state index contributed by atoms with van der Waals surface area (Å²) in [5.74, 6) is 0.648. The Kier molecular flexibility index (Phi) is 4.12. The van der Waals surface area contributed by atoms with Crippen LogP contribution < -0.4 is 9.47 Å². The zero-order valence-corrected chi connectivity index (χ0v) is 12.0. The lowest BCUT2D eigenvalue weighted by Gasteiger charge is -2.38. The van der Waals surface area contributed by atoms with Gasteiger partial charge in [-0.05, 0) is 25.3 Å². The first-order valence-corrected chi connectivity index (χ1v) is 6.50. The Bertz CT molecular complexity index is 589. The Labute approximate surface area is 121 Å². The number of ether oxygens (including phenoxy) is 2. The molecule has 0 unspecified atom stereocenters. The van der Waals surface area contributed by atoms with Crippen molar-refractivity contribution >= 4 is 24.0 Å². The van der Waals surface area contributed by atoms with Gasteiger partial charge < -0.3 is 9.47 Å². The summed E-state index contributed by atoms with van der Waals surface area (Å²) in [5.41, 5.74) is 0.153. The lowest BCUT2D eigenvalue weighted by Crippen LogP contribution is -2.33. The van der Waals surface area contributed by atoms with Crippen LogP contribution in [-0.4, -0.2) is 26.6 Å². The van der Waals surface area contributed by atoms with Crippen LogP contribution in [0.1, 0.15) is 35.2 Å². The maximum Gasteiger partial charge on any atom is 0.235 e. The fourth-order valence-corrected chi connectivity index (χ4v) is 2.95. The average molecular weight is 296 g/mol. The molecular weight excluding hydrogens is 282 g/mol. The van der Waals surface area contributed by atoms with Crippen LogP contribution in [0.5, 0.6) is 11.5 Å². The number of hydrogen-bond acceptors (Lipinski definition) is 5. The van der Waals surface area contributed by atoms with Crippen molar-refractivity contribution in [3.63, 3.8) is 0 Å². The number of benzene rings is 1. The summed E-state index contributed by atoms with van der Waals surface area (Å²) in [6, 6.07) is 1.51. The lowest BCUT2D eigenvalue weighted by molar-refractivity contribution is 0.111. The summed E-state index contributed by atoms with van der Waals surface area (Å²) in [6.07, 6.45) is 4.55. The number of nitrogens with zero attached hydrogens (tertiary/aromatic N) is 1. The predicted octanol–water partition coefficient (Wildman–Crippen LogP) is 2.88. The van der Waals surface area contributed by atoms with Gasteiger partial charge in [0.1, 0.15) is 5.54 Å². The Morgan fingerprint density at radius 2 is 2.00 bits per heavy atom. The number of hydrogen-bond donors (Lipinski definition) is 0. The summed E-state index contributed by atoms with van der Waals surface area (Å²) < 4.78 is 10.6. The number of halogens is 1. The van der Waals surface area contributed by atoms with Gasteiger partial charge in [0.15, 0.2) is 17.8 Å². The molecule has 1 aliphatic rings. The van der Waals surface area contributed by atoms with E-state index >= 15 is 0 Å². The van der Waals surface area contributed by atoms with Crippen molar-refractivity contribution in [2.45, 2.75) is 24.8 Å². The summed E-state index contributed by atoms with van der Waals surface area (Å²) in [6.45, 7) is 0. The molecule has 1 aromatic carbocycles. The molecule has 6 heteroatoms.